The fraction of sp³-hybridized carbons (Fsp3) is 0.250. The molecular weight excluding hydrogens is 282 g/mol. The van der Waals surface area contributed by atoms with Gasteiger partial charge in [-0.15, -0.1) is 0 Å². The Morgan fingerprint density at radius 2 is 1.65 bits per heavy atom. The van der Waals surface area contributed by atoms with E-state index in [1.165, 1.54) is 27.9 Å². The van der Waals surface area contributed by atoms with Crippen LogP contribution in [0.3, 0.4) is 0 Å². The van der Waals surface area contributed by atoms with Crippen molar-refractivity contribution in [3.05, 3.63) is 82.2 Å². The molecule has 0 atom stereocenters. The molecular formula is C20H23N3. The monoisotopic (exact) mass is 305 g/mol. The Morgan fingerprint density at radius 1 is 0.957 bits per heavy atom. The Bertz CT molecular complexity index is 813. The van der Waals surface area contributed by atoms with Crippen LogP contribution in [-0.4, -0.2) is 9.78 Å². The number of rotatable bonds is 4. The van der Waals surface area contributed by atoms with Crippen molar-refractivity contribution in [1.82, 2.24) is 9.78 Å². The van der Waals surface area contributed by atoms with Gasteiger partial charge in [0.25, 0.3) is 0 Å². The molecule has 0 aliphatic heterocycles. The van der Waals surface area contributed by atoms with Gasteiger partial charge >= 0.3 is 0 Å². The molecule has 0 saturated heterocycles. The largest absolute Gasteiger partial charge is 0.399 e. The third-order valence-corrected chi connectivity index (χ3v) is 4.47. The number of hydrogen-bond donors (Lipinski definition) is 1. The topological polar surface area (TPSA) is 43.8 Å². The first-order valence-electron chi connectivity index (χ1n) is 7.96. The Kier molecular flexibility index (Phi) is 4.20. The molecule has 118 valence electrons. The van der Waals surface area contributed by atoms with Crippen LogP contribution >= 0.6 is 0 Å². The van der Waals surface area contributed by atoms with Gasteiger partial charge in [0.15, 0.2) is 0 Å². The summed E-state index contributed by atoms with van der Waals surface area (Å²) in [5.74, 6) is 0. The highest BCUT2D eigenvalue weighted by atomic mass is 15.3. The van der Waals surface area contributed by atoms with Crippen LogP contribution in [0.15, 0.2) is 48.5 Å². The molecule has 23 heavy (non-hydrogen) atoms. The van der Waals surface area contributed by atoms with Gasteiger partial charge in [-0.05, 0) is 49.6 Å². The predicted octanol–water partition coefficient (Wildman–Crippen LogP) is 4.03. The van der Waals surface area contributed by atoms with Crippen LogP contribution in [0.1, 0.15) is 33.6 Å². The molecule has 0 amide bonds. The van der Waals surface area contributed by atoms with Crippen LogP contribution in [0.2, 0.25) is 0 Å². The van der Waals surface area contributed by atoms with E-state index in [0.717, 1.165) is 24.3 Å². The molecule has 0 fully saturated rings. The molecule has 0 aliphatic rings. The number of aryl methyl sites for hydroxylation is 2. The number of nitrogens with zero attached hydrogens (tertiary/aromatic N) is 2. The molecule has 0 aliphatic carbocycles. The van der Waals surface area contributed by atoms with Crippen LogP contribution in [0, 0.1) is 20.8 Å². The van der Waals surface area contributed by atoms with Gasteiger partial charge in [-0.25, -0.2) is 0 Å². The average molecular weight is 305 g/mol. The molecule has 3 nitrogen and oxygen atoms in total. The van der Waals surface area contributed by atoms with Gasteiger partial charge < -0.3 is 5.73 Å². The van der Waals surface area contributed by atoms with Crippen LogP contribution in [0.5, 0.6) is 0 Å². The average Bonchev–Trinajstić information content (AvgIpc) is 2.79. The van der Waals surface area contributed by atoms with Gasteiger partial charge in [-0.1, -0.05) is 36.4 Å². The minimum Gasteiger partial charge on any atom is -0.399 e. The normalized spacial score (nSPS) is 10.9. The third kappa shape index (κ3) is 3.29. The highest BCUT2D eigenvalue weighted by Crippen LogP contribution is 2.20. The van der Waals surface area contributed by atoms with Crippen molar-refractivity contribution in [2.24, 2.45) is 0 Å². The summed E-state index contributed by atoms with van der Waals surface area (Å²) in [6.07, 6.45) is 0.895. The molecule has 3 heteroatoms. The van der Waals surface area contributed by atoms with E-state index in [9.17, 15) is 0 Å². The number of hydrogen-bond acceptors (Lipinski definition) is 2. The Labute approximate surface area is 137 Å². The minimum absolute atomic E-state index is 0.803. The van der Waals surface area contributed by atoms with E-state index in [2.05, 4.69) is 61.9 Å². The van der Waals surface area contributed by atoms with E-state index in [0.29, 0.717) is 0 Å². The second-order valence-corrected chi connectivity index (χ2v) is 6.15. The van der Waals surface area contributed by atoms with E-state index in [4.69, 9.17) is 10.8 Å². The highest BCUT2D eigenvalue weighted by Gasteiger charge is 2.13. The second-order valence-electron chi connectivity index (χ2n) is 6.15. The zero-order valence-electron chi connectivity index (χ0n) is 14.0. The molecule has 3 rings (SSSR count). The number of nitrogens with two attached hydrogens (primary N) is 1. The maximum atomic E-state index is 5.77. The van der Waals surface area contributed by atoms with Gasteiger partial charge in [-0.2, -0.15) is 5.10 Å². The van der Waals surface area contributed by atoms with Gasteiger partial charge in [0, 0.05) is 23.4 Å². The van der Waals surface area contributed by atoms with Crippen molar-refractivity contribution in [2.75, 3.05) is 5.73 Å². The summed E-state index contributed by atoms with van der Waals surface area (Å²) in [5.41, 5.74) is 14.1. The summed E-state index contributed by atoms with van der Waals surface area (Å²) in [6, 6.07) is 16.6. The van der Waals surface area contributed by atoms with Crippen LogP contribution < -0.4 is 5.73 Å². The van der Waals surface area contributed by atoms with Crippen LogP contribution in [0.25, 0.3) is 0 Å². The van der Waals surface area contributed by atoms with Crippen molar-refractivity contribution in [1.29, 1.82) is 0 Å². The van der Waals surface area contributed by atoms with Gasteiger partial charge in [0.1, 0.15) is 0 Å². The van der Waals surface area contributed by atoms with Crippen molar-refractivity contribution in [3.63, 3.8) is 0 Å². The van der Waals surface area contributed by atoms with Crippen LogP contribution in [-0.2, 0) is 13.0 Å². The Balaban J connectivity index is 1.87. The lowest BCUT2D eigenvalue weighted by Crippen LogP contribution is -2.05. The van der Waals surface area contributed by atoms with E-state index >= 15 is 0 Å². The number of anilines is 1. The summed E-state index contributed by atoms with van der Waals surface area (Å²) < 4.78 is 2.12. The lowest BCUT2D eigenvalue weighted by atomic mass is 10.0. The molecule has 1 aromatic heterocycles. The Morgan fingerprint density at radius 3 is 2.35 bits per heavy atom. The molecule has 2 aromatic carbocycles. The lowest BCUT2D eigenvalue weighted by Gasteiger charge is -2.08. The molecule has 3 aromatic rings. The lowest BCUT2D eigenvalue weighted by molar-refractivity contribution is 0.656. The fourth-order valence-corrected chi connectivity index (χ4v) is 2.93. The van der Waals surface area contributed by atoms with Gasteiger partial charge in [0.2, 0.25) is 0 Å². The summed E-state index contributed by atoms with van der Waals surface area (Å²) >= 11 is 0. The molecule has 0 unspecified atom stereocenters. The zero-order chi connectivity index (χ0) is 16.4. The highest BCUT2D eigenvalue weighted by molar-refractivity contribution is 5.41. The van der Waals surface area contributed by atoms with Crippen molar-refractivity contribution >= 4 is 5.69 Å². The summed E-state index contributed by atoms with van der Waals surface area (Å²) in [6.45, 7) is 7.22. The van der Waals surface area contributed by atoms with E-state index in [1.54, 1.807) is 0 Å². The SMILES string of the molecule is Cc1ccccc1Cn1nc(C)c(Cc2ccc(N)cc2)c1C. The van der Waals surface area contributed by atoms with E-state index in [1.807, 2.05) is 12.1 Å². The fourth-order valence-electron chi connectivity index (χ4n) is 2.93. The number of benzene rings is 2. The quantitative estimate of drug-likeness (QED) is 0.740. The second kappa shape index (κ2) is 6.29. The molecule has 0 saturated carbocycles. The zero-order valence-corrected chi connectivity index (χ0v) is 14.0. The maximum absolute atomic E-state index is 5.77. The van der Waals surface area contributed by atoms with Gasteiger partial charge in [-0.3, -0.25) is 4.68 Å². The standard InChI is InChI=1S/C20H23N3/c1-14-6-4-5-7-18(14)13-23-16(3)20(15(2)22-23)12-17-8-10-19(21)11-9-17/h4-11H,12-13,21H2,1-3H3. The first kappa shape index (κ1) is 15.3. The maximum Gasteiger partial charge on any atom is 0.0665 e. The predicted molar refractivity (Wildman–Crippen MR) is 95.6 cm³/mol. The van der Waals surface area contributed by atoms with Gasteiger partial charge in [0.05, 0.1) is 12.2 Å². The first-order chi connectivity index (χ1) is 11.0. The summed E-state index contributed by atoms with van der Waals surface area (Å²) in [7, 11) is 0. The number of nitrogen functional groups attached to an aromatic ring is 1. The van der Waals surface area contributed by atoms with Crippen molar-refractivity contribution < 1.29 is 0 Å². The van der Waals surface area contributed by atoms with Crippen molar-refractivity contribution in [2.45, 2.75) is 33.7 Å². The smallest absolute Gasteiger partial charge is 0.0665 e. The number of aromatic nitrogens is 2. The summed E-state index contributed by atoms with van der Waals surface area (Å²) in [4.78, 5) is 0. The Hall–Kier alpha value is -2.55. The molecule has 0 spiro atoms. The van der Waals surface area contributed by atoms with E-state index < -0.39 is 0 Å². The molecule has 2 N–H and O–H groups in total. The minimum atomic E-state index is 0.803. The van der Waals surface area contributed by atoms with E-state index in [-0.39, 0.29) is 0 Å². The van der Waals surface area contributed by atoms with Crippen molar-refractivity contribution in [3.8, 4) is 0 Å². The first-order valence-corrected chi connectivity index (χ1v) is 7.96. The summed E-state index contributed by atoms with van der Waals surface area (Å²) in [5, 5.41) is 4.75. The molecule has 1 heterocycles. The van der Waals surface area contributed by atoms with Crippen LogP contribution in [0.4, 0.5) is 5.69 Å². The molecule has 0 radical (unpaired) electrons. The third-order valence-electron chi connectivity index (χ3n) is 4.47. The molecule has 0 bridgehead atoms.